The maximum atomic E-state index is 9.88. The monoisotopic (exact) mass is 218 g/mol. The second kappa shape index (κ2) is 4.45. The van der Waals surface area contributed by atoms with Gasteiger partial charge in [0.2, 0.25) is 0 Å². The molecule has 0 spiro atoms. The molecule has 2 unspecified atom stereocenters. The van der Waals surface area contributed by atoms with Gasteiger partial charge >= 0.3 is 0 Å². The van der Waals surface area contributed by atoms with E-state index in [1.54, 1.807) is 0 Å². The van der Waals surface area contributed by atoms with Crippen molar-refractivity contribution in [3.05, 3.63) is 20.8 Å². The standard InChI is InChI=1S/C10H15ClOS/c1-4-6(2)9(12)8-5-7(3)10(11)13-8/h5-6,9,12H,4H2,1-3H3. The average molecular weight is 219 g/mol. The van der Waals surface area contributed by atoms with Crippen molar-refractivity contribution in [2.24, 2.45) is 5.92 Å². The van der Waals surface area contributed by atoms with E-state index < -0.39 is 0 Å². The molecule has 0 saturated heterocycles. The highest BCUT2D eigenvalue weighted by Crippen LogP contribution is 2.34. The summed E-state index contributed by atoms with van der Waals surface area (Å²) >= 11 is 7.41. The molecule has 0 bridgehead atoms. The van der Waals surface area contributed by atoms with Crippen molar-refractivity contribution in [2.45, 2.75) is 33.3 Å². The van der Waals surface area contributed by atoms with Gasteiger partial charge in [-0.1, -0.05) is 31.9 Å². The maximum absolute atomic E-state index is 9.88. The number of rotatable bonds is 3. The molecular formula is C10H15ClOS. The molecule has 1 nitrogen and oxygen atoms in total. The molecule has 0 aliphatic rings. The minimum absolute atomic E-state index is 0.300. The van der Waals surface area contributed by atoms with Crippen LogP contribution in [-0.4, -0.2) is 5.11 Å². The van der Waals surface area contributed by atoms with Gasteiger partial charge in [-0.25, -0.2) is 0 Å². The van der Waals surface area contributed by atoms with Gasteiger partial charge in [-0.3, -0.25) is 0 Å². The van der Waals surface area contributed by atoms with Crippen molar-refractivity contribution in [1.29, 1.82) is 0 Å². The predicted octanol–water partition coefficient (Wildman–Crippen LogP) is 3.79. The summed E-state index contributed by atoms with van der Waals surface area (Å²) in [6.07, 6.45) is 0.622. The van der Waals surface area contributed by atoms with E-state index in [9.17, 15) is 5.11 Å². The van der Waals surface area contributed by atoms with Crippen LogP contribution in [0.15, 0.2) is 6.07 Å². The van der Waals surface area contributed by atoms with E-state index in [-0.39, 0.29) is 6.10 Å². The Morgan fingerprint density at radius 3 is 2.62 bits per heavy atom. The van der Waals surface area contributed by atoms with E-state index in [1.165, 1.54) is 11.3 Å². The number of hydrogen-bond acceptors (Lipinski definition) is 2. The zero-order valence-electron chi connectivity index (χ0n) is 8.17. The summed E-state index contributed by atoms with van der Waals surface area (Å²) in [5.41, 5.74) is 1.06. The van der Waals surface area contributed by atoms with Crippen LogP contribution in [-0.2, 0) is 0 Å². The Morgan fingerprint density at radius 2 is 2.23 bits per heavy atom. The number of aryl methyl sites for hydroxylation is 1. The SMILES string of the molecule is CCC(C)C(O)c1cc(C)c(Cl)s1. The third-order valence-corrected chi connectivity index (χ3v) is 3.98. The van der Waals surface area contributed by atoms with Crippen LogP contribution < -0.4 is 0 Å². The molecule has 1 rings (SSSR count). The molecular weight excluding hydrogens is 204 g/mol. The lowest BCUT2D eigenvalue weighted by molar-refractivity contribution is 0.119. The van der Waals surface area contributed by atoms with Crippen molar-refractivity contribution in [3.63, 3.8) is 0 Å². The molecule has 13 heavy (non-hydrogen) atoms. The molecule has 2 atom stereocenters. The Labute approximate surface area is 88.4 Å². The largest absolute Gasteiger partial charge is 0.387 e. The smallest absolute Gasteiger partial charge is 0.0961 e. The summed E-state index contributed by atoms with van der Waals surface area (Å²) in [5.74, 6) is 0.300. The summed E-state index contributed by atoms with van der Waals surface area (Å²) in [6, 6.07) is 1.98. The Morgan fingerprint density at radius 1 is 1.62 bits per heavy atom. The van der Waals surface area contributed by atoms with E-state index >= 15 is 0 Å². The first kappa shape index (κ1) is 11.0. The molecule has 1 aromatic rings. The lowest BCUT2D eigenvalue weighted by Gasteiger charge is -2.14. The Bertz CT molecular complexity index is 263. The third-order valence-electron chi connectivity index (χ3n) is 2.35. The van der Waals surface area contributed by atoms with Crippen LogP contribution in [0, 0.1) is 12.8 Å². The van der Waals surface area contributed by atoms with Gasteiger partial charge in [0.05, 0.1) is 10.4 Å². The zero-order chi connectivity index (χ0) is 10.0. The summed E-state index contributed by atoms with van der Waals surface area (Å²) in [4.78, 5) is 0.983. The fourth-order valence-electron chi connectivity index (χ4n) is 1.13. The molecule has 0 aromatic carbocycles. The van der Waals surface area contributed by atoms with Gasteiger partial charge in [-0.2, -0.15) is 0 Å². The normalized spacial score (nSPS) is 15.8. The van der Waals surface area contributed by atoms with Crippen LogP contribution in [0.2, 0.25) is 4.34 Å². The molecule has 3 heteroatoms. The highest BCUT2D eigenvalue weighted by molar-refractivity contribution is 7.16. The van der Waals surface area contributed by atoms with Crippen molar-refractivity contribution < 1.29 is 5.11 Å². The fourth-order valence-corrected chi connectivity index (χ4v) is 2.47. The average Bonchev–Trinajstić information content (AvgIpc) is 2.44. The minimum Gasteiger partial charge on any atom is -0.387 e. The van der Waals surface area contributed by atoms with Crippen LogP contribution in [0.25, 0.3) is 0 Å². The summed E-state index contributed by atoms with van der Waals surface area (Å²) in [7, 11) is 0. The molecule has 74 valence electrons. The Balaban J connectivity index is 2.82. The zero-order valence-corrected chi connectivity index (χ0v) is 9.75. The lowest BCUT2D eigenvalue weighted by atomic mass is 10.0. The van der Waals surface area contributed by atoms with Gasteiger partial charge in [0.15, 0.2) is 0 Å². The summed E-state index contributed by atoms with van der Waals surface area (Å²) < 4.78 is 0.789. The van der Waals surface area contributed by atoms with E-state index in [4.69, 9.17) is 11.6 Å². The van der Waals surface area contributed by atoms with Crippen molar-refractivity contribution in [3.8, 4) is 0 Å². The van der Waals surface area contributed by atoms with E-state index in [0.717, 1.165) is 21.2 Å². The Hall–Kier alpha value is -0.0500. The highest BCUT2D eigenvalue weighted by Gasteiger charge is 2.17. The summed E-state index contributed by atoms with van der Waals surface area (Å²) in [5, 5.41) is 9.88. The van der Waals surface area contributed by atoms with Crippen LogP contribution >= 0.6 is 22.9 Å². The van der Waals surface area contributed by atoms with E-state index in [1.807, 2.05) is 19.9 Å². The second-order valence-corrected chi connectivity index (χ2v) is 5.12. The Kier molecular flexibility index (Phi) is 3.77. The molecule has 0 aliphatic carbocycles. The summed E-state index contributed by atoms with van der Waals surface area (Å²) in [6.45, 7) is 6.09. The number of thiophene rings is 1. The first-order chi connectivity index (χ1) is 6.06. The van der Waals surface area contributed by atoms with Crippen LogP contribution in [0.1, 0.15) is 36.8 Å². The first-order valence-electron chi connectivity index (χ1n) is 4.50. The quantitative estimate of drug-likeness (QED) is 0.819. The van der Waals surface area contributed by atoms with Crippen molar-refractivity contribution in [1.82, 2.24) is 0 Å². The predicted molar refractivity (Wildman–Crippen MR) is 58.5 cm³/mol. The first-order valence-corrected chi connectivity index (χ1v) is 5.69. The van der Waals surface area contributed by atoms with Gasteiger partial charge < -0.3 is 5.11 Å². The number of aliphatic hydroxyl groups is 1. The van der Waals surface area contributed by atoms with Crippen molar-refractivity contribution >= 4 is 22.9 Å². The van der Waals surface area contributed by atoms with Gasteiger partial charge in [-0.15, -0.1) is 11.3 Å². The second-order valence-electron chi connectivity index (χ2n) is 3.44. The minimum atomic E-state index is -0.360. The molecule has 1 heterocycles. The van der Waals surface area contributed by atoms with Gasteiger partial charge in [-0.05, 0) is 24.5 Å². The molecule has 0 amide bonds. The lowest BCUT2D eigenvalue weighted by Crippen LogP contribution is -2.05. The fraction of sp³-hybridized carbons (Fsp3) is 0.600. The van der Waals surface area contributed by atoms with Crippen LogP contribution in [0.5, 0.6) is 0 Å². The van der Waals surface area contributed by atoms with Crippen LogP contribution in [0.4, 0.5) is 0 Å². The third kappa shape index (κ3) is 2.46. The van der Waals surface area contributed by atoms with E-state index in [0.29, 0.717) is 5.92 Å². The molecule has 0 radical (unpaired) electrons. The molecule has 1 N–H and O–H groups in total. The van der Waals surface area contributed by atoms with Gasteiger partial charge in [0.1, 0.15) is 0 Å². The number of hydrogen-bond donors (Lipinski definition) is 1. The molecule has 0 aliphatic heterocycles. The topological polar surface area (TPSA) is 20.2 Å². The molecule has 1 aromatic heterocycles. The number of halogens is 1. The molecule has 0 fully saturated rings. The van der Waals surface area contributed by atoms with Gasteiger partial charge in [0, 0.05) is 4.88 Å². The van der Waals surface area contributed by atoms with Crippen LogP contribution in [0.3, 0.4) is 0 Å². The molecule has 0 saturated carbocycles. The highest BCUT2D eigenvalue weighted by atomic mass is 35.5. The van der Waals surface area contributed by atoms with Crippen molar-refractivity contribution in [2.75, 3.05) is 0 Å². The van der Waals surface area contributed by atoms with Gasteiger partial charge in [0.25, 0.3) is 0 Å². The van der Waals surface area contributed by atoms with E-state index in [2.05, 4.69) is 6.92 Å². The number of aliphatic hydroxyl groups excluding tert-OH is 1. The maximum Gasteiger partial charge on any atom is 0.0961 e.